The number of fused-ring (bicyclic) bond motifs is 1. The highest BCUT2D eigenvalue weighted by atomic mass is 35.5. The van der Waals surface area contributed by atoms with Gasteiger partial charge in [0.15, 0.2) is 5.13 Å². The van der Waals surface area contributed by atoms with Crippen LogP contribution in [0.25, 0.3) is 10.2 Å². The van der Waals surface area contributed by atoms with Gasteiger partial charge in [0.05, 0.1) is 16.8 Å². The maximum atomic E-state index is 12.3. The van der Waals surface area contributed by atoms with Crippen molar-refractivity contribution in [2.24, 2.45) is 0 Å². The van der Waals surface area contributed by atoms with Crippen LogP contribution in [0, 0.1) is 12.3 Å². The van der Waals surface area contributed by atoms with E-state index in [9.17, 15) is 13.2 Å². The lowest BCUT2D eigenvalue weighted by Gasteiger charge is -2.33. The van der Waals surface area contributed by atoms with Crippen molar-refractivity contribution in [1.82, 2.24) is 9.88 Å². The van der Waals surface area contributed by atoms with Gasteiger partial charge in [-0.15, -0.1) is 32.0 Å². The molecule has 0 aliphatic carbocycles. The topological polar surface area (TPSA) is 28.6 Å². The van der Waals surface area contributed by atoms with Gasteiger partial charge in [0.1, 0.15) is 5.75 Å². The molecular formula is C15H15ClF3N3OS. The summed E-state index contributed by atoms with van der Waals surface area (Å²) in [6.45, 7) is 3.93. The number of hydrogen-bond donors (Lipinski definition) is 0. The van der Waals surface area contributed by atoms with E-state index in [0.717, 1.165) is 31.3 Å². The number of hydrogen-bond acceptors (Lipinski definition) is 5. The molecule has 9 heteroatoms. The lowest BCUT2D eigenvalue weighted by atomic mass is 10.3. The summed E-state index contributed by atoms with van der Waals surface area (Å²) in [6, 6.07) is 4.20. The summed E-state index contributed by atoms with van der Waals surface area (Å²) in [6.07, 6.45) is 0.621. The number of halogens is 4. The second kappa shape index (κ2) is 7.47. The molecule has 0 bridgehead atoms. The second-order valence-corrected chi connectivity index (χ2v) is 6.15. The first-order valence-corrected chi connectivity index (χ1v) is 7.83. The van der Waals surface area contributed by atoms with Crippen LogP contribution in [0.2, 0.25) is 0 Å². The first kappa shape index (κ1) is 18.6. The Bertz CT molecular complexity index is 736. The van der Waals surface area contributed by atoms with Gasteiger partial charge in [0.25, 0.3) is 0 Å². The Balaban J connectivity index is 0.00000208. The summed E-state index contributed by atoms with van der Waals surface area (Å²) in [5.74, 6) is 2.40. The Kier molecular flexibility index (Phi) is 5.80. The Morgan fingerprint density at radius 2 is 1.96 bits per heavy atom. The van der Waals surface area contributed by atoms with E-state index in [4.69, 9.17) is 6.42 Å². The molecule has 3 rings (SSSR count). The summed E-state index contributed by atoms with van der Waals surface area (Å²) in [7, 11) is 0. The first-order chi connectivity index (χ1) is 10.9. The molecule has 0 atom stereocenters. The predicted octanol–water partition coefficient (Wildman–Crippen LogP) is 3.37. The molecule has 0 radical (unpaired) electrons. The van der Waals surface area contributed by atoms with Gasteiger partial charge in [0.2, 0.25) is 0 Å². The molecule has 2 aromatic rings. The largest absolute Gasteiger partial charge is 0.573 e. The summed E-state index contributed by atoms with van der Waals surface area (Å²) in [4.78, 5) is 8.80. The molecule has 0 saturated carbocycles. The number of aromatic nitrogens is 1. The minimum absolute atomic E-state index is 0. The fourth-order valence-electron chi connectivity index (χ4n) is 2.45. The van der Waals surface area contributed by atoms with Crippen molar-refractivity contribution in [2.75, 3.05) is 37.6 Å². The fourth-order valence-corrected chi connectivity index (χ4v) is 3.50. The van der Waals surface area contributed by atoms with Crippen LogP contribution < -0.4 is 9.64 Å². The molecule has 1 aliphatic rings. The van der Waals surface area contributed by atoms with Crippen molar-refractivity contribution in [2.45, 2.75) is 6.36 Å². The number of benzene rings is 1. The van der Waals surface area contributed by atoms with E-state index in [1.807, 2.05) is 0 Å². The second-order valence-electron chi connectivity index (χ2n) is 5.14. The maximum Gasteiger partial charge on any atom is 0.573 e. The van der Waals surface area contributed by atoms with E-state index in [2.05, 4.69) is 25.4 Å². The number of anilines is 1. The lowest BCUT2D eigenvalue weighted by Crippen LogP contribution is -2.46. The Morgan fingerprint density at radius 3 is 2.58 bits per heavy atom. The highest BCUT2D eigenvalue weighted by Crippen LogP contribution is 2.33. The summed E-state index contributed by atoms with van der Waals surface area (Å²) >= 11 is 1.37. The average Bonchev–Trinajstić information content (AvgIpc) is 2.90. The van der Waals surface area contributed by atoms with E-state index in [1.165, 1.54) is 23.5 Å². The highest BCUT2D eigenvalue weighted by Gasteiger charge is 2.31. The Hall–Kier alpha value is -1.69. The van der Waals surface area contributed by atoms with Crippen LogP contribution in [0.3, 0.4) is 0 Å². The van der Waals surface area contributed by atoms with Gasteiger partial charge in [-0.3, -0.25) is 4.90 Å². The molecule has 1 saturated heterocycles. The highest BCUT2D eigenvalue weighted by molar-refractivity contribution is 7.22. The zero-order valence-electron chi connectivity index (χ0n) is 12.5. The smallest absolute Gasteiger partial charge is 0.406 e. The Morgan fingerprint density at radius 1 is 1.25 bits per heavy atom. The summed E-state index contributed by atoms with van der Waals surface area (Å²) in [5, 5.41) is 0.810. The minimum atomic E-state index is -4.69. The fraction of sp³-hybridized carbons (Fsp3) is 0.400. The molecule has 130 valence electrons. The third-order valence-electron chi connectivity index (χ3n) is 3.54. The maximum absolute atomic E-state index is 12.3. The van der Waals surface area contributed by atoms with Crippen LogP contribution in [0.4, 0.5) is 18.3 Å². The molecule has 0 N–H and O–H groups in total. The van der Waals surface area contributed by atoms with E-state index < -0.39 is 6.36 Å². The van der Waals surface area contributed by atoms with Crippen LogP contribution in [0.5, 0.6) is 5.75 Å². The number of ether oxygens (including phenoxy) is 1. The molecule has 0 unspecified atom stereocenters. The third-order valence-corrected chi connectivity index (χ3v) is 4.62. The van der Waals surface area contributed by atoms with Crippen LogP contribution in [-0.2, 0) is 0 Å². The van der Waals surface area contributed by atoms with Gasteiger partial charge >= 0.3 is 6.36 Å². The average molecular weight is 378 g/mol. The van der Waals surface area contributed by atoms with E-state index in [-0.39, 0.29) is 18.2 Å². The predicted molar refractivity (Wildman–Crippen MR) is 91.0 cm³/mol. The molecule has 0 amide bonds. The van der Waals surface area contributed by atoms with Crippen LogP contribution >= 0.6 is 23.7 Å². The van der Waals surface area contributed by atoms with Crippen molar-refractivity contribution >= 4 is 39.1 Å². The molecule has 2 heterocycles. The zero-order valence-corrected chi connectivity index (χ0v) is 14.2. The van der Waals surface area contributed by atoms with Gasteiger partial charge in [-0.1, -0.05) is 17.3 Å². The van der Waals surface area contributed by atoms with Gasteiger partial charge in [0, 0.05) is 32.2 Å². The molecule has 4 nitrogen and oxygen atoms in total. The number of nitrogens with zero attached hydrogens (tertiary/aromatic N) is 3. The molecule has 24 heavy (non-hydrogen) atoms. The monoisotopic (exact) mass is 377 g/mol. The van der Waals surface area contributed by atoms with Gasteiger partial charge in [-0.2, -0.15) is 0 Å². The first-order valence-electron chi connectivity index (χ1n) is 7.02. The van der Waals surface area contributed by atoms with E-state index in [0.29, 0.717) is 16.8 Å². The normalized spacial score (nSPS) is 15.8. The SMILES string of the molecule is C#CCN1CCN(c2nc3ccc(OC(F)(F)F)cc3s2)CC1.Cl. The summed E-state index contributed by atoms with van der Waals surface area (Å²) in [5.41, 5.74) is 0.672. The van der Waals surface area contributed by atoms with Crippen LogP contribution in [0.1, 0.15) is 0 Å². The van der Waals surface area contributed by atoms with Crippen molar-refractivity contribution < 1.29 is 17.9 Å². The zero-order chi connectivity index (χ0) is 16.4. The van der Waals surface area contributed by atoms with E-state index in [1.54, 1.807) is 6.07 Å². The molecule has 0 spiro atoms. The molecular weight excluding hydrogens is 363 g/mol. The Labute approximate surface area is 147 Å². The third kappa shape index (κ3) is 4.44. The van der Waals surface area contributed by atoms with E-state index >= 15 is 0 Å². The van der Waals surface area contributed by atoms with Crippen molar-refractivity contribution in [3.05, 3.63) is 18.2 Å². The van der Waals surface area contributed by atoms with Crippen molar-refractivity contribution in [1.29, 1.82) is 0 Å². The lowest BCUT2D eigenvalue weighted by molar-refractivity contribution is -0.274. The van der Waals surface area contributed by atoms with Crippen molar-refractivity contribution in [3.8, 4) is 18.1 Å². The van der Waals surface area contributed by atoms with Gasteiger partial charge in [-0.25, -0.2) is 4.98 Å². The number of rotatable bonds is 3. The quantitative estimate of drug-likeness (QED) is 0.767. The van der Waals surface area contributed by atoms with Gasteiger partial charge in [-0.05, 0) is 12.1 Å². The minimum Gasteiger partial charge on any atom is -0.406 e. The molecule has 1 aromatic carbocycles. The molecule has 1 fully saturated rings. The number of thiazole rings is 1. The standard InChI is InChI=1S/C15H14F3N3OS.ClH/c1-2-5-20-6-8-21(9-7-20)14-19-12-4-3-11(10-13(12)23-14)22-15(16,17)18;/h1,3-4,10H,5-9H2;1H. The van der Waals surface area contributed by atoms with Gasteiger partial charge < -0.3 is 9.64 Å². The summed E-state index contributed by atoms with van der Waals surface area (Å²) < 4.78 is 41.4. The molecule has 1 aliphatic heterocycles. The van der Waals surface area contributed by atoms with Crippen LogP contribution in [0.15, 0.2) is 18.2 Å². The number of alkyl halides is 3. The van der Waals surface area contributed by atoms with Crippen molar-refractivity contribution in [3.63, 3.8) is 0 Å². The number of piperazine rings is 1. The number of terminal acetylenes is 1. The van der Waals surface area contributed by atoms with Crippen LogP contribution in [-0.4, -0.2) is 49.0 Å². The molecule has 1 aromatic heterocycles.